The van der Waals surface area contributed by atoms with E-state index in [1.54, 1.807) is 0 Å². The maximum atomic E-state index is 12.7. The van der Waals surface area contributed by atoms with E-state index in [0.717, 1.165) is 32.1 Å². The fourth-order valence-corrected chi connectivity index (χ4v) is 3.64. The molecule has 1 saturated carbocycles. The molecule has 4 nitrogen and oxygen atoms in total. The third-order valence-electron chi connectivity index (χ3n) is 4.75. The minimum Gasteiger partial charge on any atom is -0.393 e. The van der Waals surface area contributed by atoms with Crippen LogP contribution in [0.2, 0.25) is 0 Å². The van der Waals surface area contributed by atoms with E-state index in [2.05, 4.69) is 24.4 Å². The standard InChI is InChI=1S/C17H24N2O2/c1-12-18-16(11-13-5-3-2-4-6-13)17(21)19(12)14-7-9-15(20)10-8-14/h2-6,12,14-16,18,20H,7-11H2,1H3. The van der Waals surface area contributed by atoms with Gasteiger partial charge >= 0.3 is 0 Å². The van der Waals surface area contributed by atoms with Crippen LogP contribution >= 0.6 is 0 Å². The summed E-state index contributed by atoms with van der Waals surface area (Å²) in [7, 11) is 0. The van der Waals surface area contributed by atoms with Crippen LogP contribution in [0.1, 0.15) is 38.2 Å². The molecule has 0 aromatic heterocycles. The second kappa shape index (κ2) is 6.16. The van der Waals surface area contributed by atoms with Gasteiger partial charge in [0.25, 0.3) is 0 Å². The largest absolute Gasteiger partial charge is 0.393 e. The Morgan fingerprint density at radius 3 is 2.52 bits per heavy atom. The fraction of sp³-hybridized carbons (Fsp3) is 0.588. The molecule has 0 spiro atoms. The lowest BCUT2D eigenvalue weighted by atomic mass is 9.91. The zero-order valence-corrected chi connectivity index (χ0v) is 12.5. The molecule has 1 aromatic rings. The summed E-state index contributed by atoms with van der Waals surface area (Å²) in [5.74, 6) is 0.216. The topological polar surface area (TPSA) is 52.6 Å². The molecule has 2 unspecified atom stereocenters. The number of hydrogen-bond donors (Lipinski definition) is 2. The number of aliphatic hydroxyl groups excluding tert-OH is 1. The third-order valence-corrected chi connectivity index (χ3v) is 4.75. The Bertz CT molecular complexity index is 483. The van der Waals surface area contributed by atoms with Gasteiger partial charge in [-0.2, -0.15) is 0 Å². The molecule has 0 radical (unpaired) electrons. The zero-order valence-electron chi connectivity index (χ0n) is 12.5. The van der Waals surface area contributed by atoms with Crippen molar-refractivity contribution in [1.29, 1.82) is 0 Å². The normalized spacial score (nSPS) is 33.4. The Balaban J connectivity index is 1.66. The van der Waals surface area contributed by atoms with Crippen LogP contribution in [-0.2, 0) is 11.2 Å². The second-order valence-electron chi connectivity index (χ2n) is 6.29. The summed E-state index contributed by atoms with van der Waals surface area (Å²) in [5.41, 5.74) is 1.19. The zero-order chi connectivity index (χ0) is 14.8. The molecule has 1 aliphatic carbocycles. The van der Waals surface area contributed by atoms with Crippen molar-refractivity contribution in [3.8, 4) is 0 Å². The van der Waals surface area contributed by atoms with Crippen LogP contribution < -0.4 is 5.32 Å². The lowest BCUT2D eigenvalue weighted by molar-refractivity contribution is -0.133. The highest BCUT2D eigenvalue weighted by Crippen LogP contribution is 2.27. The van der Waals surface area contributed by atoms with Crippen LogP contribution in [0, 0.1) is 0 Å². The van der Waals surface area contributed by atoms with Crippen LogP contribution in [0.15, 0.2) is 30.3 Å². The molecule has 2 aliphatic rings. The lowest BCUT2D eigenvalue weighted by Gasteiger charge is -2.35. The number of hydrogen-bond acceptors (Lipinski definition) is 3. The summed E-state index contributed by atoms with van der Waals surface area (Å²) in [6.07, 6.45) is 4.10. The molecule has 1 heterocycles. The van der Waals surface area contributed by atoms with Crippen LogP contribution in [0.25, 0.3) is 0 Å². The summed E-state index contributed by atoms with van der Waals surface area (Å²) < 4.78 is 0. The predicted molar refractivity (Wildman–Crippen MR) is 81.6 cm³/mol. The summed E-state index contributed by atoms with van der Waals surface area (Å²) >= 11 is 0. The molecule has 1 aliphatic heterocycles. The molecule has 1 amide bonds. The third kappa shape index (κ3) is 3.11. The Hall–Kier alpha value is -1.39. The van der Waals surface area contributed by atoms with E-state index in [4.69, 9.17) is 0 Å². The number of benzene rings is 1. The maximum Gasteiger partial charge on any atom is 0.241 e. The highest BCUT2D eigenvalue weighted by molar-refractivity contribution is 5.85. The van der Waals surface area contributed by atoms with E-state index in [-0.39, 0.29) is 30.3 Å². The molecule has 2 atom stereocenters. The van der Waals surface area contributed by atoms with Gasteiger partial charge in [0.05, 0.1) is 18.3 Å². The van der Waals surface area contributed by atoms with E-state index >= 15 is 0 Å². The molecule has 114 valence electrons. The molecular weight excluding hydrogens is 264 g/mol. The van der Waals surface area contributed by atoms with Crippen LogP contribution in [0.3, 0.4) is 0 Å². The molecule has 21 heavy (non-hydrogen) atoms. The SMILES string of the molecule is CC1NC(Cc2ccccc2)C(=O)N1C1CCC(O)CC1. The van der Waals surface area contributed by atoms with E-state index in [1.165, 1.54) is 5.56 Å². The highest BCUT2D eigenvalue weighted by Gasteiger charge is 2.41. The Labute approximate surface area is 126 Å². The number of amides is 1. The van der Waals surface area contributed by atoms with Gasteiger partial charge in [-0.1, -0.05) is 30.3 Å². The molecular formula is C17H24N2O2. The molecule has 0 bridgehead atoms. The van der Waals surface area contributed by atoms with Gasteiger partial charge in [-0.05, 0) is 44.6 Å². The van der Waals surface area contributed by atoms with Gasteiger partial charge < -0.3 is 10.0 Å². The van der Waals surface area contributed by atoms with E-state index < -0.39 is 0 Å². The van der Waals surface area contributed by atoms with Crippen LogP contribution in [0.5, 0.6) is 0 Å². The number of rotatable bonds is 3. The van der Waals surface area contributed by atoms with Gasteiger partial charge in [-0.15, -0.1) is 0 Å². The molecule has 2 fully saturated rings. The summed E-state index contributed by atoms with van der Waals surface area (Å²) in [5, 5.41) is 13.1. The first-order valence-electron chi connectivity index (χ1n) is 7.95. The number of nitrogens with zero attached hydrogens (tertiary/aromatic N) is 1. The van der Waals surface area contributed by atoms with Crippen molar-refractivity contribution in [3.05, 3.63) is 35.9 Å². The number of carbonyl (C=O) groups excluding carboxylic acids is 1. The van der Waals surface area contributed by atoms with Gasteiger partial charge in [0.1, 0.15) is 0 Å². The van der Waals surface area contributed by atoms with Crippen molar-refractivity contribution in [2.45, 2.75) is 63.4 Å². The molecule has 3 rings (SSSR count). The number of aliphatic hydroxyl groups is 1. The first-order valence-corrected chi connectivity index (χ1v) is 7.95. The summed E-state index contributed by atoms with van der Waals surface area (Å²) in [4.78, 5) is 14.7. The van der Waals surface area contributed by atoms with E-state index in [0.29, 0.717) is 0 Å². The number of carbonyl (C=O) groups is 1. The monoisotopic (exact) mass is 288 g/mol. The first-order chi connectivity index (χ1) is 10.1. The summed E-state index contributed by atoms with van der Waals surface area (Å²) in [6, 6.07) is 10.3. The van der Waals surface area contributed by atoms with E-state index in [1.807, 2.05) is 23.1 Å². The van der Waals surface area contributed by atoms with Gasteiger partial charge in [0, 0.05) is 6.04 Å². The van der Waals surface area contributed by atoms with Gasteiger partial charge in [0.15, 0.2) is 0 Å². The van der Waals surface area contributed by atoms with Crippen LogP contribution in [-0.4, -0.2) is 40.3 Å². The average molecular weight is 288 g/mol. The minimum atomic E-state index is -0.178. The predicted octanol–water partition coefficient (Wildman–Crippen LogP) is 1.68. The van der Waals surface area contributed by atoms with Gasteiger partial charge in [-0.3, -0.25) is 10.1 Å². The Morgan fingerprint density at radius 2 is 1.86 bits per heavy atom. The van der Waals surface area contributed by atoms with Crippen molar-refractivity contribution in [2.24, 2.45) is 0 Å². The highest BCUT2D eigenvalue weighted by atomic mass is 16.3. The number of nitrogens with one attached hydrogen (secondary N) is 1. The van der Waals surface area contributed by atoms with Crippen molar-refractivity contribution >= 4 is 5.91 Å². The van der Waals surface area contributed by atoms with E-state index in [9.17, 15) is 9.90 Å². The van der Waals surface area contributed by atoms with Crippen molar-refractivity contribution in [2.75, 3.05) is 0 Å². The Kier molecular flexibility index (Phi) is 4.27. The fourth-order valence-electron chi connectivity index (χ4n) is 3.64. The first kappa shape index (κ1) is 14.5. The lowest BCUT2D eigenvalue weighted by Crippen LogP contribution is -2.45. The molecule has 1 aromatic carbocycles. The maximum absolute atomic E-state index is 12.7. The second-order valence-corrected chi connectivity index (χ2v) is 6.29. The quantitative estimate of drug-likeness (QED) is 0.890. The molecule has 1 saturated heterocycles. The molecule has 2 N–H and O–H groups in total. The van der Waals surface area contributed by atoms with Crippen molar-refractivity contribution < 1.29 is 9.90 Å². The van der Waals surface area contributed by atoms with Crippen molar-refractivity contribution in [3.63, 3.8) is 0 Å². The van der Waals surface area contributed by atoms with Crippen LogP contribution in [0.4, 0.5) is 0 Å². The van der Waals surface area contributed by atoms with Crippen molar-refractivity contribution in [1.82, 2.24) is 10.2 Å². The van der Waals surface area contributed by atoms with Gasteiger partial charge in [-0.25, -0.2) is 0 Å². The van der Waals surface area contributed by atoms with Gasteiger partial charge in [0.2, 0.25) is 5.91 Å². The minimum absolute atomic E-state index is 0.0893. The molecule has 4 heteroatoms. The Morgan fingerprint density at radius 1 is 1.19 bits per heavy atom. The smallest absolute Gasteiger partial charge is 0.241 e. The average Bonchev–Trinajstić information content (AvgIpc) is 2.76. The summed E-state index contributed by atoms with van der Waals surface area (Å²) in [6.45, 7) is 2.06.